The summed E-state index contributed by atoms with van der Waals surface area (Å²) in [5.41, 5.74) is 2.16. The van der Waals surface area contributed by atoms with Crippen molar-refractivity contribution >= 4 is 19.6 Å². The quantitative estimate of drug-likeness (QED) is 0.653. The smallest absolute Gasteiger partial charge is 0.309 e. The molecule has 1 heterocycles. The van der Waals surface area contributed by atoms with Gasteiger partial charge in [0.05, 0.1) is 12.0 Å². The lowest BCUT2D eigenvalue weighted by atomic mass is 9.91. The molecule has 25 heavy (non-hydrogen) atoms. The van der Waals surface area contributed by atoms with Crippen molar-refractivity contribution in [1.29, 1.82) is 0 Å². The number of hydrogen-bond acceptors (Lipinski definition) is 3. The standard InChI is InChI=1S/C20H20BNO3/c21-20(24)22-17(12-15-9-5-2-6-10-15)18-13-16(19(23)25-18)11-14-7-3-1-4-8-14/h1-10,16-18H,11-13H2,(H,22,24)/t16-,17?,18+/m0/s1. The number of cyclic esters (lactones) is 1. The van der Waals surface area contributed by atoms with E-state index in [1.807, 2.05) is 60.7 Å². The Morgan fingerprint density at radius 3 is 2.28 bits per heavy atom. The van der Waals surface area contributed by atoms with Crippen LogP contribution in [0.15, 0.2) is 60.7 Å². The van der Waals surface area contributed by atoms with Gasteiger partial charge in [-0.25, -0.2) is 0 Å². The van der Waals surface area contributed by atoms with Crippen molar-refractivity contribution in [3.05, 3.63) is 71.8 Å². The van der Waals surface area contributed by atoms with Crippen LogP contribution >= 0.6 is 0 Å². The van der Waals surface area contributed by atoms with Crippen LogP contribution in [0.4, 0.5) is 4.79 Å². The molecule has 3 rings (SSSR count). The minimum absolute atomic E-state index is 0.194. The molecular formula is C20H20BNO3. The van der Waals surface area contributed by atoms with Gasteiger partial charge >= 0.3 is 5.97 Å². The molecule has 5 heteroatoms. The van der Waals surface area contributed by atoms with E-state index in [-0.39, 0.29) is 24.0 Å². The first-order valence-corrected chi connectivity index (χ1v) is 8.46. The second-order valence-corrected chi connectivity index (χ2v) is 6.40. The molecule has 2 aromatic rings. The number of rotatable bonds is 6. The SMILES string of the molecule is [B]C(=O)NC(Cc1ccccc1)[C@H]1C[C@H](Cc2ccccc2)C(=O)O1. The van der Waals surface area contributed by atoms with Crippen LogP contribution in [0.3, 0.4) is 0 Å². The number of amides is 1. The van der Waals surface area contributed by atoms with E-state index in [2.05, 4.69) is 5.32 Å². The highest BCUT2D eigenvalue weighted by Crippen LogP contribution is 2.28. The molecule has 0 bridgehead atoms. The second kappa shape index (κ2) is 8.01. The van der Waals surface area contributed by atoms with Gasteiger partial charge in [0, 0.05) is 6.42 Å². The third-order valence-electron chi connectivity index (χ3n) is 4.52. The number of carbonyl (C=O) groups excluding carboxylic acids is 2. The first kappa shape index (κ1) is 17.3. The zero-order valence-electron chi connectivity index (χ0n) is 13.9. The van der Waals surface area contributed by atoms with Crippen LogP contribution < -0.4 is 5.32 Å². The Morgan fingerprint density at radius 2 is 1.68 bits per heavy atom. The molecule has 3 atom stereocenters. The molecule has 1 unspecified atom stereocenters. The van der Waals surface area contributed by atoms with E-state index in [0.717, 1.165) is 11.1 Å². The lowest BCUT2D eigenvalue weighted by Gasteiger charge is -2.23. The summed E-state index contributed by atoms with van der Waals surface area (Å²) in [7, 11) is 5.32. The molecule has 2 aromatic carbocycles. The third kappa shape index (κ3) is 4.72. The molecule has 1 aliphatic heterocycles. The van der Waals surface area contributed by atoms with Crippen molar-refractivity contribution in [1.82, 2.24) is 5.32 Å². The molecule has 1 saturated heterocycles. The maximum atomic E-state index is 12.3. The summed E-state index contributed by atoms with van der Waals surface area (Å²) in [6.45, 7) is 0. The van der Waals surface area contributed by atoms with Crippen LogP contribution in [-0.4, -0.2) is 31.8 Å². The van der Waals surface area contributed by atoms with Crippen molar-refractivity contribution in [2.24, 2.45) is 5.92 Å². The van der Waals surface area contributed by atoms with Crippen molar-refractivity contribution < 1.29 is 14.3 Å². The summed E-state index contributed by atoms with van der Waals surface area (Å²) in [6, 6.07) is 19.3. The average Bonchev–Trinajstić information content (AvgIpc) is 2.96. The second-order valence-electron chi connectivity index (χ2n) is 6.40. The van der Waals surface area contributed by atoms with E-state index in [1.165, 1.54) is 0 Å². The summed E-state index contributed by atoms with van der Waals surface area (Å²) < 4.78 is 5.57. The largest absolute Gasteiger partial charge is 0.460 e. The van der Waals surface area contributed by atoms with Gasteiger partial charge in [0.25, 0.3) is 0 Å². The molecule has 2 radical (unpaired) electrons. The highest BCUT2D eigenvalue weighted by molar-refractivity contribution is 6.57. The van der Waals surface area contributed by atoms with Crippen molar-refractivity contribution in [3.8, 4) is 0 Å². The number of hydrogen-bond donors (Lipinski definition) is 1. The van der Waals surface area contributed by atoms with Crippen molar-refractivity contribution in [2.75, 3.05) is 0 Å². The van der Waals surface area contributed by atoms with Gasteiger partial charge in [0.15, 0.2) is 5.81 Å². The van der Waals surface area contributed by atoms with Gasteiger partial charge in [-0.05, 0) is 24.0 Å². The van der Waals surface area contributed by atoms with Crippen LogP contribution in [0, 0.1) is 5.92 Å². The molecule has 0 saturated carbocycles. The number of ether oxygens (including phenoxy) is 1. The van der Waals surface area contributed by atoms with Gasteiger partial charge < -0.3 is 10.1 Å². The average molecular weight is 333 g/mol. The molecule has 1 aliphatic rings. The predicted molar refractivity (Wildman–Crippen MR) is 96.4 cm³/mol. The summed E-state index contributed by atoms with van der Waals surface area (Å²) >= 11 is 0. The van der Waals surface area contributed by atoms with Gasteiger partial charge in [-0.1, -0.05) is 60.7 Å². The molecule has 4 nitrogen and oxygen atoms in total. The Morgan fingerprint density at radius 1 is 1.08 bits per heavy atom. The summed E-state index contributed by atoms with van der Waals surface area (Å²) in [5.74, 6) is -1.01. The van der Waals surface area contributed by atoms with E-state index in [1.54, 1.807) is 0 Å². The molecule has 1 amide bonds. The zero-order valence-corrected chi connectivity index (χ0v) is 13.9. The van der Waals surface area contributed by atoms with E-state index in [9.17, 15) is 9.59 Å². The zero-order chi connectivity index (χ0) is 17.6. The molecule has 1 fully saturated rings. The van der Waals surface area contributed by atoms with Crippen molar-refractivity contribution in [2.45, 2.75) is 31.4 Å². The van der Waals surface area contributed by atoms with Gasteiger partial charge in [0.1, 0.15) is 6.10 Å². The topological polar surface area (TPSA) is 55.4 Å². The van der Waals surface area contributed by atoms with Crippen LogP contribution in [-0.2, 0) is 22.4 Å². The lowest BCUT2D eigenvalue weighted by molar-refractivity contribution is -0.145. The highest BCUT2D eigenvalue weighted by Gasteiger charge is 2.39. The number of carbonyl (C=O) groups is 2. The minimum atomic E-state index is -0.608. The third-order valence-corrected chi connectivity index (χ3v) is 4.52. The first-order chi connectivity index (χ1) is 12.1. The molecule has 1 N–H and O–H groups in total. The molecule has 0 spiro atoms. The Bertz CT molecular complexity index is 720. The Kier molecular flexibility index (Phi) is 5.54. The van der Waals surface area contributed by atoms with E-state index >= 15 is 0 Å². The van der Waals surface area contributed by atoms with Gasteiger partial charge in [-0.2, -0.15) is 0 Å². The maximum Gasteiger partial charge on any atom is 0.309 e. The van der Waals surface area contributed by atoms with Crippen molar-refractivity contribution in [3.63, 3.8) is 0 Å². The fourth-order valence-electron chi connectivity index (χ4n) is 3.31. The fourth-order valence-corrected chi connectivity index (χ4v) is 3.31. The predicted octanol–water partition coefficient (Wildman–Crippen LogP) is 2.65. The van der Waals surface area contributed by atoms with Crippen LogP contribution in [0.25, 0.3) is 0 Å². The van der Waals surface area contributed by atoms with Crippen LogP contribution in [0.2, 0.25) is 0 Å². The molecule has 0 aromatic heterocycles. The fraction of sp³-hybridized carbons (Fsp3) is 0.300. The van der Waals surface area contributed by atoms with Gasteiger partial charge in [-0.3, -0.25) is 9.59 Å². The van der Waals surface area contributed by atoms with Crippen LogP contribution in [0.5, 0.6) is 0 Å². The summed E-state index contributed by atoms with van der Waals surface area (Å²) in [5, 5.41) is 2.74. The summed E-state index contributed by atoms with van der Waals surface area (Å²) in [4.78, 5) is 23.6. The Balaban J connectivity index is 1.69. The minimum Gasteiger partial charge on any atom is -0.460 e. The van der Waals surface area contributed by atoms with E-state index in [0.29, 0.717) is 19.3 Å². The maximum absolute atomic E-state index is 12.3. The van der Waals surface area contributed by atoms with Crippen LogP contribution in [0.1, 0.15) is 17.5 Å². The van der Waals surface area contributed by atoms with Gasteiger partial charge in [0.2, 0.25) is 7.85 Å². The van der Waals surface area contributed by atoms with E-state index in [4.69, 9.17) is 12.6 Å². The van der Waals surface area contributed by atoms with E-state index < -0.39 is 5.81 Å². The number of esters is 1. The summed E-state index contributed by atoms with van der Waals surface area (Å²) in [6.07, 6.45) is 1.42. The Hall–Kier alpha value is -2.56. The number of benzene rings is 2. The normalized spacial score (nSPS) is 20.7. The number of nitrogens with one attached hydrogen (secondary N) is 1. The highest BCUT2D eigenvalue weighted by atomic mass is 16.6. The molecule has 126 valence electrons. The monoisotopic (exact) mass is 333 g/mol. The van der Waals surface area contributed by atoms with Gasteiger partial charge in [-0.15, -0.1) is 0 Å². The first-order valence-electron chi connectivity index (χ1n) is 8.46. The molecule has 0 aliphatic carbocycles. The Labute approximate surface area is 149 Å². The molecular weight excluding hydrogens is 313 g/mol. The lowest BCUT2D eigenvalue weighted by Crippen LogP contribution is -2.44.